The molecule has 3 aromatic rings. The van der Waals surface area contributed by atoms with Crippen molar-refractivity contribution >= 4 is 40.7 Å². The molecule has 0 bridgehead atoms. The summed E-state index contributed by atoms with van der Waals surface area (Å²) in [5, 5.41) is 3.33. The Morgan fingerprint density at radius 1 is 0.967 bits per heavy atom. The Kier molecular flexibility index (Phi) is 5.01. The van der Waals surface area contributed by atoms with Gasteiger partial charge in [0.2, 0.25) is 0 Å². The van der Waals surface area contributed by atoms with E-state index in [9.17, 15) is 14.4 Å². The normalized spacial score (nSPS) is 12.7. The average molecular weight is 421 g/mol. The van der Waals surface area contributed by atoms with Gasteiger partial charge in [-0.15, -0.1) is 0 Å². The Morgan fingerprint density at radius 2 is 1.57 bits per heavy atom. The molecule has 0 aromatic heterocycles. The first-order valence-corrected chi connectivity index (χ1v) is 9.52. The van der Waals surface area contributed by atoms with E-state index >= 15 is 0 Å². The van der Waals surface area contributed by atoms with Gasteiger partial charge in [-0.05, 0) is 55.0 Å². The van der Waals surface area contributed by atoms with Crippen LogP contribution in [-0.4, -0.2) is 24.8 Å². The number of carbonyl (C=O) groups is 3. The van der Waals surface area contributed by atoms with Gasteiger partial charge < -0.3 is 10.1 Å². The van der Waals surface area contributed by atoms with Gasteiger partial charge in [-0.3, -0.25) is 14.4 Å². The maximum atomic E-state index is 12.7. The lowest BCUT2D eigenvalue weighted by molar-refractivity contribution is 0.0925. The van der Waals surface area contributed by atoms with E-state index < -0.39 is 0 Å². The third-order valence-corrected chi connectivity index (χ3v) is 5.32. The lowest BCUT2D eigenvalue weighted by Crippen LogP contribution is -2.29. The van der Waals surface area contributed by atoms with Crippen LogP contribution in [0.15, 0.2) is 60.7 Å². The molecule has 0 atom stereocenters. The summed E-state index contributed by atoms with van der Waals surface area (Å²) in [5.74, 6) is -0.672. The molecule has 6 nitrogen and oxygen atoms in total. The number of benzene rings is 3. The minimum absolute atomic E-state index is 0.357. The van der Waals surface area contributed by atoms with Crippen LogP contribution in [0, 0.1) is 6.92 Å². The Balaban J connectivity index is 1.56. The highest BCUT2D eigenvalue weighted by atomic mass is 35.5. The number of nitrogens with one attached hydrogen (secondary N) is 1. The molecule has 1 N–H and O–H groups in total. The van der Waals surface area contributed by atoms with Crippen LogP contribution in [0.4, 0.5) is 11.4 Å². The van der Waals surface area contributed by atoms with Crippen LogP contribution < -0.4 is 15.0 Å². The van der Waals surface area contributed by atoms with Gasteiger partial charge in [0.05, 0.1) is 29.6 Å². The number of carbonyl (C=O) groups excluding carboxylic acids is 3. The number of amides is 3. The van der Waals surface area contributed by atoms with Gasteiger partial charge >= 0.3 is 0 Å². The van der Waals surface area contributed by atoms with Gasteiger partial charge in [0, 0.05) is 16.7 Å². The van der Waals surface area contributed by atoms with Crippen LogP contribution in [-0.2, 0) is 0 Å². The molecule has 0 radical (unpaired) electrons. The summed E-state index contributed by atoms with van der Waals surface area (Å²) in [5.41, 5.74) is 2.80. The number of fused-ring (bicyclic) bond motifs is 1. The molecule has 1 aliphatic rings. The molecule has 4 rings (SSSR count). The van der Waals surface area contributed by atoms with Crippen LogP contribution in [0.2, 0.25) is 5.02 Å². The monoisotopic (exact) mass is 420 g/mol. The average Bonchev–Trinajstić information content (AvgIpc) is 3.01. The van der Waals surface area contributed by atoms with Crippen molar-refractivity contribution in [3.8, 4) is 5.75 Å². The second-order valence-electron chi connectivity index (χ2n) is 6.79. The molecule has 1 aliphatic heterocycles. The van der Waals surface area contributed by atoms with Crippen LogP contribution in [0.25, 0.3) is 0 Å². The molecule has 1 heterocycles. The largest absolute Gasteiger partial charge is 0.495 e. The predicted octanol–water partition coefficient (Wildman–Crippen LogP) is 4.71. The first kappa shape index (κ1) is 19.7. The predicted molar refractivity (Wildman–Crippen MR) is 115 cm³/mol. The van der Waals surface area contributed by atoms with Crippen molar-refractivity contribution in [3.05, 3.63) is 87.9 Å². The van der Waals surface area contributed by atoms with E-state index in [0.29, 0.717) is 38.8 Å². The van der Waals surface area contributed by atoms with Gasteiger partial charge in [0.1, 0.15) is 5.75 Å². The van der Waals surface area contributed by atoms with Gasteiger partial charge in [-0.2, -0.15) is 0 Å². The van der Waals surface area contributed by atoms with Crippen LogP contribution >= 0.6 is 11.6 Å². The maximum Gasteiger partial charge on any atom is 0.266 e. The zero-order valence-corrected chi connectivity index (χ0v) is 17.0. The fraction of sp³-hybridized carbons (Fsp3) is 0.0870. The van der Waals surface area contributed by atoms with Crippen molar-refractivity contribution in [2.75, 3.05) is 17.3 Å². The number of methoxy groups -OCH3 is 1. The molecule has 0 saturated carbocycles. The molecule has 0 unspecified atom stereocenters. The lowest BCUT2D eigenvalue weighted by Gasteiger charge is -2.15. The molecular weight excluding hydrogens is 404 g/mol. The highest BCUT2D eigenvalue weighted by Gasteiger charge is 2.36. The molecule has 30 heavy (non-hydrogen) atoms. The second-order valence-corrected chi connectivity index (χ2v) is 7.20. The molecular formula is C23H17ClN2O4. The standard InChI is InChI=1S/C23H17ClN2O4/c1-13-11-19(20(30-2)12-18(13)24)25-21(27)14-7-9-15(10-8-14)26-22(28)16-5-3-4-6-17(16)23(26)29/h3-12H,1-2H3,(H,25,27). The van der Waals surface area contributed by atoms with E-state index in [4.69, 9.17) is 16.3 Å². The quantitative estimate of drug-likeness (QED) is 0.620. The van der Waals surface area contributed by atoms with E-state index in [2.05, 4.69) is 5.32 Å². The zero-order chi connectivity index (χ0) is 21.4. The molecule has 3 aromatic carbocycles. The van der Waals surface area contributed by atoms with E-state index in [0.717, 1.165) is 10.5 Å². The minimum Gasteiger partial charge on any atom is -0.495 e. The van der Waals surface area contributed by atoms with Gasteiger partial charge in [-0.25, -0.2) is 4.90 Å². The molecule has 3 amide bonds. The van der Waals surface area contributed by atoms with E-state index in [1.165, 1.54) is 7.11 Å². The minimum atomic E-state index is -0.380. The van der Waals surface area contributed by atoms with Crippen molar-refractivity contribution < 1.29 is 19.1 Å². The SMILES string of the molecule is COc1cc(Cl)c(C)cc1NC(=O)c1ccc(N2C(=O)c3ccccc3C2=O)cc1. The molecule has 0 fully saturated rings. The highest BCUT2D eigenvalue weighted by Crippen LogP contribution is 2.32. The smallest absolute Gasteiger partial charge is 0.266 e. The number of nitrogens with zero attached hydrogens (tertiary/aromatic N) is 1. The Labute approximate surface area is 178 Å². The van der Waals surface area contributed by atoms with Crippen molar-refractivity contribution in [1.82, 2.24) is 0 Å². The third kappa shape index (κ3) is 3.31. The van der Waals surface area contributed by atoms with Crippen LogP contribution in [0.5, 0.6) is 5.75 Å². The van der Waals surface area contributed by atoms with Gasteiger partial charge in [-0.1, -0.05) is 23.7 Å². The van der Waals surface area contributed by atoms with Crippen molar-refractivity contribution in [1.29, 1.82) is 0 Å². The number of imide groups is 1. The lowest BCUT2D eigenvalue weighted by atomic mass is 10.1. The van der Waals surface area contributed by atoms with E-state index in [-0.39, 0.29) is 17.7 Å². The summed E-state index contributed by atoms with van der Waals surface area (Å²) >= 11 is 6.10. The molecule has 7 heteroatoms. The number of halogens is 1. The molecule has 0 saturated heterocycles. The molecule has 150 valence electrons. The number of hydrogen-bond acceptors (Lipinski definition) is 4. The van der Waals surface area contributed by atoms with Crippen LogP contribution in [0.1, 0.15) is 36.6 Å². The summed E-state index contributed by atoms with van der Waals surface area (Å²) in [6, 6.07) is 16.3. The maximum absolute atomic E-state index is 12.7. The Morgan fingerprint density at radius 3 is 2.13 bits per heavy atom. The third-order valence-electron chi connectivity index (χ3n) is 4.91. The summed E-state index contributed by atoms with van der Waals surface area (Å²) in [6.45, 7) is 1.83. The summed E-state index contributed by atoms with van der Waals surface area (Å²) in [6.07, 6.45) is 0. The summed E-state index contributed by atoms with van der Waals surface area (Å²) < 4.78 is 5.28. The van der Waals surface area contributed by atoms with Crippen molar-refractivity contribution in [2.45, 2.75) is 6.92 Å². The van der Waals surface area contributed by atoms with E-state index in [1.807, 2.05) is 6.92 Å². The zero-order valence-electron chi connectivity index (χ0n) is 16.2. The fourth-order valence-electron chi connectivity index (χ4n) is 3.31. The molecule has 0 spiro atoms. The Bertz CT molecular complexity index is 1150. The topological polar surface area (TPSA) is 75.7 Å². The van der Waals surface area contributed by atoms with Gasteiger partial charge in [0.25, 0.3) is 17.7 Å². The number of rotatable bonds is 4. The first-order valence-electron chi connectivity index (χ1n) is 9.14. The van der Waals surface area contributed by atoms with E-state index in [1.54, 1.807) is 60.7 Å². The van der Waals surface area contributed by atoms with Crippen LogP contribution in [0.3, 0.4) is 0 Å². The number of anilines is 2. The summed E-state index contributed by atoms with van der Waals surface area (Å²) in [7, 11) is 1.49. The second kappa shape index (κ2) is 7.65. The summed E-state index contributed by atoms with van der Waals surface area (Å²) in [4.78, 5) is 39.0. The fourth-order valence-corrected chi connectivity index (χ4v) is 3.46. The number of hydrogen-bond donors (Lipinski definition) is 1. The van der Waals surface area contributed by atoms with Crippen molar-refractivity contribution in [2.24, 2.45) is 0 Å². The molecule has 0 aliphatic carbocycles. The van der Waals surface area contributed by atoms with Crippen molar-refractivity contribution in [3.63, 3.8) is 0 Å². The first-order chi connectivity index (χ1) is 14.4. The Hall–Kier alpha value is -3.64. The van der Waals surface area contributed by atoms with Gasteiger partial charge in [0.15, 0.2) is 0 Å². The number of aryl methyl sites for hydroxylation is 1. The highest BCUT2D eigenvalue weighted by molar-refractivity contribution is 6.34. The number of ether oxygens (including phenoxy) is 1.